The van der Waals surface area contributed by atoms with E-state index in [4.69, 9.17) is 9.57 Å². The van der Waals surface area contributed by atoms with Gasteiger partial charge in [-0.2, -0.15) is 5.48 Å². The minimum Gasteiger partial charge on any atom is -0.380 e. The van der Waals surface area contributed by atoms with Gasteiger partial charge in [0.05, 0.1) is 18.8 Å². The van der Waals surface area contributed by atoms with E-state index in [1.807, 2.05) is 0 Å². The summed E-state index contributed by atoms with van der Waals surface area (Å²) in [5, 5.41) is 6.31. The number of hydrazine groups is 1. The van der Waals surface area contributed by atoms with Crippen molar-refractivity contribution in [3.63, 3.8) is 0 Å². The average Bonchev–Trinajstić information content (AvgIpc) is 3.52. The van der Waals surface area contributed by atoms with Crippen LogP contribution < -0.4 is 16.2 Å². The van der Waals surface area contributed by atoms with Gasteiger partial charge in [0.15, 0.2) is 0 Å². The van der Waals surface area contributed by atoms with Crippen molar-refractivity contribution in [3.8, 4) is 0 Å². The lowest BCUT2D eigenvalue weighted by Gasteiger charge is -2.39. The van der Waals surface area contributed by atoms with Crippen molar-refractivity contribution in [3.05, 3.63) is 0 Å². The molecular formula is C23H39N5O3. The minimum atomic E-state index is 0.0999. The Balaban J connectivity index is 1.00. The molecule has 6 aliphatic rings. The van der Waals surface area contributed by atoms with Crippen LogP contribution in [0.1, 0.15) is 57.8 Å². The van der Waals surface area contributed by atoms with Crippen molar-refractivity contribution in [1.29, 1.82) is 0 Å². The fourth-order valence-electron chi connectivity index (χ4n) is 6.80. The van der Waals surface area contributed by atoms with Crippen LogP contribution in [0.2, 0.25) is 0 Å². The molecule has 0 radical (unpaired) electrons. The molecule has 8 nitrogen and oxygen atoms in total. The summed E-state index contributed by atoms with van der Waals surface area (Å²) in [4.78, 5) is 20.7. The first-order valence-corrected chi connectivity index (χ1v) is 12.8. The summed E-state index contributed by atoms with van der Waals surface area (Å²) in [5.74, 6) is 2.57. The molecule has 6 fully saturated rings. The van der Waals surface area contributed by atoms with Crippen LogP contribution in [0.5, 0.6) is 0 Å². The van der Waals surface area contributed by atoms with Crippen LogP contribution in [0.4, 0.5) is 0 Å². The SMILES string of the molecule is O=C(C1CCC1)N1CCC(C2NOC(C3CCC4CNN([C@@H]5CCOC5)C4C3)N2)CC1. The van der Waals surface area contributed by atoms with E-state index in [0.717, 1.165) is 70.9 Å². The second-order valence-electron chi connectivity index (χ2n) is 10.8. The molecule has 31 heavy (non-hydrogen) atoms. The minimum absolute atomic E-state index is 0.0999. The number of fused-ring (bicyclic) bond motifs is 1. The van der Waals surface area contributed by atoms with E-state index in [1.54, 1.807) is 0 Å². The third kappa shape index (κ3) is 4.04. The van der Waals surface area contributed by atoms with E-state index < -0.39 is 0 Å². The maximum absolute atomic E-state index is 12.5. The van der Waals surface area contributed by atoms with E-state index in [9.17, 15) is 4.79 Å². The van der Waals surface area contributed by atoms with Gasteiger partial charge in [0.25, 0.3) is 0 Å². The zero-order chi connectivity index (χ0) is 20.8. The molecule has 5 unspecified atom stereocenters. The lowest BCUT2D eigenvalue weighted by atomic mass is 9.77. The van der Waals surface area contributed by atoms with Gasteiger partial charge in [0.2, 0.25) is 5.91 Å². The first-order chi connectivity index (χ1) is 15.3. The van der Waals surface area contributed by atoms with Gasteiger partial charge in [-0.15, -0.1) is 0 Å². The Morgan fingerprint density at radius 2 is 1.77 bits per heavy atom. The first-order valence-electron chi connectivity index (χ1n) is 12.8. The van der Waals surface area contributed by atoms with E-state index in [0.29, 0.717) is 35.7 Å². The molecule has 4 saturated heterocycles. The average molecular weight is 434 g/mol. The standard InChI is InChI=1S/C23H39N5O3/c29-23(16-2-1-3-16)27-9-6-15(7-10-27)21-25-22(31-26-21)17-4-5-18-13-24-28(20(18)12-17)19-8-11-30-14-19/h15-22,24-26H,1-14H2/t17?,18?,19-,20?,21?,22?/m1/s1. The van der Waals surface area contributed by atoms with Crippen LogP contribution in [0.25, 0.3) is 0 Å². The van der Waals surface area contributed by atoms with Gasteiger partial charge in [-0.3, -0.25) is 20.4 Å². The fourth-order valence-corrected chi connectivity index (χ4v) is 6.80. The zero-order valence-electron chi connectivity index (χ0n) is 18.6. The predicted molar refractivity (Wildman–Crippen MR) is 115 cm³/mol. The molecule has 0 bridgehead atoms. The molecule has 4 aliphatic heterocycles. The smallest absolute Gasteiger partial charge is 0.225 e. The number of carbonyl (C=O) groups excluding carboxylic acids is 1. The Kier molecular flexibility index (Phi) is 5.96. The molecule has 3 N–H and O–H groups in total. The van der Waals surface area contributed by atoms with Gasteiger partial charge in [-0.05, 0) is 63.2 Å². The Bertz CT molecular complexity index is 647. The summed E-state index contributed by atoms with van der Waals surface area (Å²) in [7, 11) is 0. The molecule has 2 saturated carbocycles. The molecule has 174 valence electrons. The molecular weight excluding hydrogens is 394 g/mol. The van der Waals surface area contributed by atoms with Gasteiger partial charge in [0.1, 0.15) is 6.23 Å². The number of nitrogens with one attached hydrogen (secondary N) is 3. The number of likely N-dealkylation sites (tertiary alicyclic amines) is 1. The second kappa shape index (κ2) is 8.88. The van der Waals surface area contributed by atoms with Crippen molar-refractivity contribution < 1.29 is 14.4 Å². The number of nitrogens with zero attached hydrogens (tertiary/aromatic N) is 2. The Hall–Kier alpha value is -0.770. The Morgan fingerprint density at radius 3 is 2.52 bits per heavy atom. The number of hydrogen-bond donors (Lipinski definition) is 3. The van der Waals surface area contributed by atoms with Crippen molar-refractivity contribution >= 4 is 5.91 Å². The van der Waals surface area contributed by atoms with E-state index in [-0.39, 0.29) is 12.4 Å². The van der Waals surface area contributed by atoms with Gasteiger partial charge in [-0.25, -0.2) is 5.01 Å². The third-order valence-corrected chi connectivity index (χ3v) is 9.06. The molecule has 6 rings (SSSR count). The number of hydroxylamine groups is 1. The van der Waals surface area contributed by atoms with Crippen LogP contribution in [0, 0.1) is 23.7 Å². The highest BCUT2D eigenvalue weighted by Crippen LogP contribution is 2.39. The Labute approximate surface area is 185 Å². The van der Waals surface area contributed by atoms with Gasteiger partial charge >= 0.3 is 0 Å². The molecule has 0 aromatic carbocycles. The largest absolute Gasteiger partial charge is 0.380 e. The molecule has 0 spiro atoms. The number of amides is 1. The van der Waals surface area contributed by atoms with E-state index in [1.165, 1.54) is 25.7 Å². The maximum atomic E-state index is 12.5. The topological polar surface area (TPSA) is 78.1 Å². The van der Waals surface area contributed by atoms with Gasteiger partial charge in [-0.1, -0.05) is 6.42 Å². The van der Waals surface area contributed by atoms with E-state index in [2.05, 4.69) is 26.1 Å². The Morgan fingerprint density at radius 1 is 0.935 bits per heavy atom. The maximum Gasteiger partial charge on any atom is 0.225 e. The molecule has 2 aliphatic carbocycles. The lowest BCUT2D eigenvalue weighted by molar-refractivity contribution is -0.139. The number of piperidine rings is 1. The van der Waals surface area contributed by atoms with Crippen molar-refractivity contribution in [2.75, 3.05) is 32.8 Å². The number of carbonyl (C=O) groups is 1. The monoisotopic (exact) mass is 433 g/mol. The molecule has 0 aromatic rings. The van der Waals surface area contributed by atoms with Gasteiger partial charge < -0.3 is 9.64 Å². The number of rotatable bonds is 4. The number of hydrogen-bond acceptors (Lipinski definition) is 7. The normalized spacial score (nSPS) is 42.6. The molecule has 0 aromatic heterocycles. The lowest BCUT2D eigenvalue weighted by Crippen LogP contribution is -2.51. The van der Waals surface area contributed by atoms with Crippen LogP contribution in [-0.4, -0.2) is 73.1 Å². The quantitative estimate of drug-likeness (QED) is 0.615. The highest BCUT2D eigenvalue weighted by molar-refractivity contribution is 5.79. The summed E-state index contributed by atoms with van der Waals surface area (Å²) in [5.41, 5.74) is 7.01. The summed E-state index contributed by atoms with van der Waals surface area (Å²) in [6.45, 7) is 4.69. The molecule has 1 amide bonds. The van der Waals surface area contributed by atoms with Crippen LogP contribution >= 0.6 is 0 Å². The van der Waals surface area contributed by atoms with Crippen molar-refractivity contribution in [2.24, 2.45) is 23.7 Å². The predicted octanol–water partition coefficient (Wildman–Crippen LogP) is 1.20. The highest BCUT2D eigenvalue weighted by Gasteiger charge is 2.46. The molecule has 6 atom stereocenters. The van der Waals surface area contributed by atoms with Crippen LogP contribution in [0.15, 0.2) is 0 Å². The summed E-state index contributed by atoms with van der Waals surface area (Å²) in [6, 6.07) is 1.14. The number of ether oxygens (including phenoxy) is 1. The zero-order valence-corrected chi connectivity index (χ0v) is 18.6. The van der Waals surface area contributed by atoms with Gasteiger partial charge in [0, 0.05) is 44.1 Å². The first kappa shape index (κ1) is 20.8. The second-order valence-corrected chi connectivity index (χ2v) is 10.8. The summed E-state index contributed by atoms with van der Waals surface area (Å²) in [6.07, 6.45) is 10.7. The summed E-state index contributed by atoms with van der Waals surface area (Å²) < 4.78 is 5.65. The summed E-state index contributed by atoms with van der Waals surface area (Å²) >= 11 is 0. The van der Waals surface area contributed by atoms with Crippen molar-refractivity contribution in [1.82, 2.24) is 26.1 Å². The fraction of sp³-hybridized carbons (Fsp3) is 0.957. The van der Waals surface area contributed by atoms with Crippen molar-refractivity contribution in [2.45, 2.75) is 82.3 Å². The van der Waals surface area contributed by atoms with Crippen LogP contribution in [-0.2, 0) is 14.4 Å². The third-order valence-electron chi connectivity index (χ3n) is 9.06. The molecule has 4 heterocycles. The van der Waals surface area contributed by atoms with E-state index >= 15 is 0 Å². The van der Waals surface area contributed by atoms with Crippen LogP contribution in [0.3, 0.4) is 0 Å². The highest BCUT2D eigenvalue weighted by atomic mass is 16.7. The molecule has 8 heteroatoms.